The molecule has 0 aliphatic heterocycles. The van der Waals surface area contributed by atoms with Gasteiger partial charge in [-0.25, -0.2) is 4.52 Å². The van der Waals surface area contributed by atoms with Gasteiger partial charge in [-0.15, -0.1) is 10.2 Å². The van der Waals surface area contributed by atoms with Crippen LogP contribution in [-0.2, 0) is 6.42 Å². The number of para-hydroxylation sites is 1. The molecule has 1 aliphatic carbocycles. The molecule has 2 heterocycles. The Kier molecular flexibility index (Phi) is 3.72. The standard InChI is InChI=1S/C22H18N4O2/c1-13-20(14-7-3-2-4-8-14)22-24-23-21-17(26(22)25-13)11-15(12-19(21)28)16-9-5-6-10-18(16)27/h2-10,15,27H,11-12H2,1H3/t15-/m0/s1. The summed E-state index contributed by atoms with van der Waals surface area (Å²) in [5.74, 6) is 0.0280. The summed E-state index contributed by atoms with van der Waals surface area (Å²) in [6.07, 6.45) is 0.872. The second-order valence-electron chi connectivity index (χ2n) is 7.14. The molecule has 1 atom stereocenters. The van der Waals surface area contributed by atoms with Gasteiger partial charge in [0, 0.05) is 12.3 Å². The maximum Gasteiger partial charge on any atom is 0.185 e. The van der Waals surface area contributed by atoms with Gasteiger partial charge in [0.1, 0.15) is 5.75 Å². The summed E-state index contributed by atoms with van der Waals surface area (Å²) in [5.41, 5.74) is 5.33. The van der Waals surface area contributed by atoms with Crippen molar-refractivity contribution in [2.24, 2.45) is 0 Å². The molecule has 0 unspecified atom stereocenters. The first-order chi connectivity index (χ1) is 13.6. The lowest BCUT2D eigenvalue weighted by molar-refractivity contribution is 0.0955. The molecule has 0 saturated heterocycles. The maximum atomic E-state index is 12.8. The Hall–Kier alpha value is -3.54. The quantitative estimate of drug-likeness (QED) is 0.582. The summed E-state index contributed by atoms with van der Waals surface area (Å²) in [6.45, 7) is 1.94. The Morgan fingerprint density at radius 3 is 2.54 bits per heavy atom. The molecule has 0 spiro atoms. The molecule has 28 heavy (non-hydrogen) atoms. The van der Waals surface area contributed by atoms with E-state index in [0.717, 1.165) is 28.1 Å². The molecule has 138 valence electrons. The number of hydrogen-bond donors (Lipinski definition) is 1. The van der Waals surface area contributed by atoms with E-state index in [4.69, 9.17) is 0 Å². The number of aromatic nitrogens is 4. The van der Waals surface area contributed by atoms with Crippen LogP contribution in [0.15, 0.2) is 54.6 Å². The van der Waals surface area contributed by atoms with Gasteiger partial charge in [-0.2, -0.15) is 5.10 Å². The van der Waals surface area contributed by atoms with Gasteiger partial charge in [-0.1, -0.05) is 48.5 Å². The number of benzene rings is 2. The summed E-state index contributed by atoms with van der Waals surface area (Å²) in [7, 11) is 0. The predicted octanol–water partition coefficient (Wildman–Crippen LogP) is 3.72. The van der Waals surface area contributed by atoms with Gasteiger partial charge >= 0.3 is 0 Å². The van der Waals surface area contributed by atoms with Crippen molar-refractivity contribution in [1.29, 1.82) is 0 Å². The summed E-state index contributed by atoms with van der Waals surface area (Å²) >= 11 is 0. The van der Waals surface area contributed by atoms with E-state index in [-0.39, 0.29) is 17.5 Å². The minimum absolute atomic E-state index is 0.0710. The third-order valence-electron chi connectivity index (χ3n) is 5.38. The third-order valence-corrected chi connectivity index (χ3v) is 5.38. The molecule has 1 aliphatic rings. The van der Waals surface area contributed by atoms with Gasteiger partial charge in [0.2, 0.25) is 0 Å². The lowest BCUT2D eigenvalue weighted by Crippen LogP contribution is -2.24. The van der Waals surface area contributed by atoms with E-state index in [0.29, 0.717) is 24.2 Å². The number of ketones is 1. The number of phenolic OH excluding ortho intramolecular Hbond substituents is 1. The molecule has 6 nitrogen and oxygen atoms in total. The van der Waals surface area contributed by atoms with Crippen molar-refractivity contribution in [3.8, 4) is 16.9 Å². The van der Waals surface area contributed by atoms with Crippen LogP contribution in [0.2, 0.25) is 0 Å². The van der Waals surface area contributed by atoms with E-state index in [1.807, 2.05) is 49.4 Å². The number of aromatic hydroxyl groups is 1. The molecule has 0 radical (unpaired) electrons. The number of phenols is 1. The van der Waals surface area contributed by atoms with Crippen molar-refractivity contribution in [3.05, 3.63) is 77.2 Å². The maximum absolute atomic E-state index is 12.8. The first-order valence-corrected chi connectivity index (χ1v) is 9.25. The van der Waals surface area contributed by atoms with Crippen LogP contribution in [0.25, 0.3) is 16.8 Å². The smallest absolute Gasteiger partial charge is 0.185 e. The Morgan fingerprint density at radius 2 is 1.75 bits per heavy atom. The van der Waals surface area contributed by atoms with Crippen molar-refractivity contribution in [1.82, 2.24) is 19.8 Å². The largest absolute Gasteiger partial charge is 0.508 e. The third kappa shape index (κ3) is 2.49. The molecule has 0 fully saturated rings. The molecule has 4 aromatic rings. The van der Waals surface area contributed by atoms with Gasteiger partial charge in [-0.05, 0) is 30.5 Å². The summed E-state index contributed by atoms with van der Waals surface area (Å²) in [5, 5.41) is 23.5. The van der Waals surface area contributed by atoms with Crippen LogP contribution in [0.3, 0.4) is 0 Å². The van der Waals surface area contributed by atoms with Crippen molar-refractivity contribution >= 4 is 11.4 Å². The zero-order valence-electron chi connectivity index (χ0n) is 15.3. The van der Waals surface area contributed by atoms with Gasteiger partial charge < -0.3 is 5.11 Å². The summed E-state index contributed by atoms with van der Waals surface area (Å²) < 4.78 is 1.75. The second-order valence-corrected chi connectivity index (χ2v) is 7.14. The average Bonchev–Trinajstić information content (AvgIpc) is 3.05. The van der Waals surface area contributed by atoms with Crippen LogP contribution in [-0.4, -0.2) is 30.7 Å². The van der Waals surface area contributed by atoms with Gasteiger partial charge in [0.05, 0.1) is 17.0 Å². The van der Waals surface area contributed by atoms with Crippen LogP contribution in [0.4, 0.5) is 0 Å². The number of Topliss-reactive ketones (excluding diaryl/α,β-unsaturated/α-hetero) is 1. The number of aryl methyl sites for hydroxylation is 1. The molecular formula is C22H18N4O2. The van der Waals surface area contributed by atoms with Crippen molar-refractivity contribution in [2.45, 2.75) is 25.7 Å². The number of rotatable bonds is 2. The lowest BCUT2D eigenvalue weighted by atomic mass is 9.83. The fourth-order valence-corrected chi connectivity index (χ4v) is 4.07. The highest BCUT2D eigenvalue weighted by molar-refractivity contribution is 5.97. The highest BCUT2D eigenvalue weighted by Crippen LogP contribution is 2.37. The van der Waals surface area contributed by atoms with E-state index in [9.17, 15) is 9.90 Å². The minimum Gasteiger partial charge on any atom is -0.508 e. The Balaban J connectivity index is 1.69. The molecule has 2 aromatic carbocycles. The van der Waals surface area contributed by atoms with E-state index < -0.39 is 0 Å². The number of hydrogen-bond acceptors (Lipinski definition) is 5. The monoisotopic (exact) mass is 370 g/mol. The van der Waals surface area contributed by atoms with Crippen LogP contribution in [0.5, 0.6) is 5.75 Å². The lowest BCUT2D eigenvalue weighted by Gasteiger charge is -2.23. The van der Waals surface area contributed by atoms with E-state index in [1.165, 1.54) is 0 Å². The Labute approximate surface area is 161 Å². The fourth-order valence-electron chi connectivity index (χ4n) is 4.07. The molecule has 5 rings (SSSR count). The number of carbonyl (C=O) groups excluding carboxylic acids is 1. The van der Waals surface area contributed by atoms with Crippen molar-refractivity contribution < 1.29 is 9.90 Å². The molecule has 1 N–H and O–H groups in total. The zero-order valence-corrected chi connectivity index (χ0v) is 15.3. The van der Waals surface area contributed by atoms with Crippen LogP contribution in [0, 0.1) is 6.92 Å². The fraction of sp³-hybridized carbons (Fsp3) is 0.182. The Bertz CT molecular complexity index is 1210. The number of nitrogens with zero attached hydrogens (tertiary/aromatic N) is 4. The first-order valence-electron chi connectivity index (χ1n) is 9.25. The molecule has 0 bridgehead atoms. The van der Waals surface area contributed by atoms with Gasteiger partial charge in [-0.3, -0.25) is 4.79 Å². The SMILES string of the molecule is Cc1nn2c3c(nnc2c1-c1ccccc1)C(=O)C[C@@H](c1ccccc1O)C3. The zero-order chi connectivity index (χ0) is 19.3. The normalized spacial score (nSPS) is 16.3. The summed E-state index contributed by atoms with van der Waals surface area (Å²) in [6, 6.07) is 17.1. The van der Waals surface area contributed by atoms with E-state index >= 15 is 0 Å². The highest BCUT2D eigenvalue weighted by atomic mass is 16.3. The predicted molar refractivity (Wildman–Crippen MR) is 104 cm³/mol. The van der Waals surface area contributed by atoms with Gasteiger partial charge in [0.25, 0.3) is 0 Å². The number of carbonyl (C=O) groups is 1. The van der Waals surface area contributed by atoms with Crippen molar-refractivity contribution in [3.63, 3.8) is 0 Å². The molecule has 0 saturated carbocycles. The van der Waals surface area contributed by atoms with Crippen LogP contribution in [0.1, 0.15) is 39.8 Å². The van der Waals surface area contributed by atoms with Crippen molar-refractivity contribution in [2.75, 3.05) is 0 Å². The second kappa shape index (κ2) is 6.27. The Morgan fingerprint density at radius 1 is 1.00 bits per heavy atom. The number of fused-ring (bicyclic) bond motifs is 3. The molecule has 6 heteroatoms. The minimum atomic E-state index is -0.113. The highest BCUT2D eigenvalue weighted by Gasteiger charge is 2.32. The van der Waals surface area contributed by atoms with E-state index in [1.54, 1.807) is 16.6 Å². The van der Waals surface area contributed by atoms with Gasteiger partial charge in [0.15, 0.2) is 17.1 Å². The average molecular weight is 370 g/mol. The first kappa shape index (κ1) is 16.6. The summed E-state index contributed by atoms with van der Waals surface area (Å²) in [4.78, 5) is 12.8. The molecule has 0 amide bonds. The molecule has 2 aromatic heterocycles. The van der Waals surface area contributed by atoms with E-state index in [2.05, 4.69) is 15.3 Å². The molecular weight excluding hydrogens is 352 g/mol. The topological polar surface area (TPSA) is 80.4 Å². The van der Waals surface area contributed by atoms with Crippen LogP contribution < -0.4 is 0 Å². The van der Waals surface area contributed by atoms with Crippen LogP contribution >= 0.6 is 0 Å².